The summed E-state index contributed by atoms with van der Waals surface area (Å²) >= 11 is 0. The van der Waals surface area contributed by atoms with E-state index >= 15 is 0 Å². The lowest BCUT2D eigenvalue weighted by Gasteiger charge is -2.46. The van der Waals surface area contributed by atoms with E-state index < -0.39 is 30.5 Å². The van der Waals surface area contributed by atoms with Crippen molar-refractivity contribution in [3.05, 3.63) is 215 Å². The lowest BCUT2D eigenvalue weighted by Crippen LogP contribution is -2.58. The molecule has 0 spiro atoms. The molecule has 1 aliphatic heterocycles. The zero-order valence-electron chi connectivity index (χ0n) is 29.4. The number of ether oxygens (including phenoxy) is 5. The molecule has 0 radical (unpaired) electrons. The van der Waals surface area contributed by atoms with Crippen LogP contribution in [0.15, 0.2) is 176 Å². The fourth-order valence-corrected chi connectivity index (χ4v) is 6.77. The topological polar surface area (TPSA) is 46.2 Å². The first-order valence-corrected chi connectivity index (χ1v) is 18.1. The standard InChI is InChI=1S/C47H46O5/c1-6-17-36(18-7-1)29-41-27-16-28-42(30-41)44-46(50-33-39-23-12-4-13-24-39)47(51-34-40-25-14-5-15-26-40)45(49-32-38-21-10-3-11-22-38)43(52-44)35-48-31-37-19-8-2-9-20-37/h1-28,30,43-47H,29,31-35H2/t43-,44+,45?,46+,47+/m1/s1. The van der Waals surface area contributed by atoms with Crippen molar-refractivity contribution in [3.8, 4) is 0 Å². The Labute approximate surface area is 307 Å². The van der Waals surface area contributed by atoms with Crippen LogP contribution in [0.3, 0.4) is 0 Å². The number of benzene rings is 6. The van der Waals surface area contributed by atoms with Crippen molar-refractivity contribution in [2.24, 2.45) is 0 Å². The molecule has 5 atom stereocenters. The van der Waals surface area contributed by atoms with Crippen molar-refractivity contribution < 1.29 is 23.7 Å². The molecule has 6 aromatic carbocycles. The molecule has 1 heterocycles. The van der Waals surface area contributed by atoms with Crippen molar-refractivity contribution in [3.63, 3.8) is 0 Å². The van der Waals surface area contributed by atoms with Crippen molar-refractivity contribution >= 4 is 0 Å². The molecule has 5 nitrogen and oxygen atoms in total. The van der Waals surface area contributed by atoms with E-state index in [-0.39, 0.29) is 0 Å². The summed E-state index contributed by atoms with van der Waals surface area (Å²) in [5.41, 5.74) is 7.83. The lowest BCUT2D eigenvalue weighted by atomic mass is 9.89. The molecule has 1 saturated heterocycles. The Morgan fingerprint density at radius 2 is 0.808 bits per heavy atom. The second-order valence-electron chi connectivity index (χ2n) is 13.3. The third-order valence-corrected chi connectivity index (χ3v) is 9.41. The Balaban J connectivity index is 1.24. The van der Waals surface area contributed by atoms with Gasteiger partial charge < -0.3 is 23.7 Å². The molecular weight excluding hydrogens is 645 g/mol. The largest absolute Gasteiger partial charge is 0.374 e. The zero-order chi connectivity index (χ0) is 35.2. The molecule has 264 valence electrons. The van der Waals surface area contributed by atoms with Gasteiger partial charge in [-0.25, -0.2) is 0 Å². The van der Waals surface area contributed by atoms with Crippen molar-refractivity contribution in [1.29, 1.82) is 0 Å². The van der Waals surface area contributed by atoms with Crippen LogP contribution < -0.4 is 0 Å². The van der Waals surface area contributed by atoms with E-state index in [2.05, 4.69) is 103 Å². The highest BCUT2D eigenvalue weighted by Gasteiger charge is 2.49. The molecule has 0 bridgehead atoms. The molecule has 1 unspecified atom stereocenters. The summed E-state index contributed by atoms with van der Waals surface area (Å²) < 4.78 is 34.3. The molecule has 0 saturated carbocycles. The maximum atomic E-state index is 7.15. The van der Waals surface area contributed by atoms with E-state index in [4.69, 9.17) is 23.7 Å². The van der Waals surface area contributed by atoms with E-state index in [0.717, 1.165) is 34.2 Å². The first-order chi connectivity index (χ1) is 25.8. The van der Waals surface area contributed by atoms with Gasteiger partial charge >= 0.3 is 0 Å². The normalized spacial score (nSPS) is 20.0. The Bertz CT molecular complexity index is 1890. The molecule has 1 fully saturated rings. The van der Waals surface area contributed by atoms with Crippen molar-refractivity contribution in [1.82, 2.24) is 0 Å². The highest BCUT2D eigenvalue weighted by molar-refractivity contribution is 5.32. The second kappa shape index (κ2) is 18.6. The first-order valence-electron chi connectivity index (χ1n) is 18.1. The Morgan fingerprint density at radius 3 is 1.33 bits per heavy atom. The van der Waals surface area contributed by atoms with Gasteiger partial charge in [0.15, 0.2) is 0 Å². The molecule has 0 N–H and O–H groups in total. The van der Waals surface area contributed by atoms with E-state index in [1.165, 1.54) is 11.1 Å². The first kappa shape index (κ1) is 35.5. The van der Waals surface area contributed by atoms with Crippen LogP contribution in [0.4, 0.5) is 0 Å². The summed E-state index contributed by atoms with van der Waals surface area (Å²) in [6, 6.07) is 60.2. The van der Waals surface area contributed by atoms with Crippen LogP contribution in [0.1, 0.15) is 45.0 Å². The van der Waals surface area contributed by atoms with E-state index in [1.807, 2.05) is 72.8 Å². The lowest BCUT2D eigenvalue weighted by molar-refractivity contribution is -0.275. The van der Waals surface area contributed by atoms with E-state index in [0.29, 0.717) is 33.0 Å². The van der Waals surface area contributed by atoms with Gasteiger partial charge in [-0.1, -0.05) is 176 Å². The minimum atomic E-state index is -0.484. The van der Waals surface area contributed by atoms with Crippen LogP contribution in [0.25, 0.3) is 0 Å². The summed E-state index contributed by atoms with van der Waals surface area (Å²) in [4.78, 5) is 0. The maximum absolute atomic E-state index is 7.15. The van der Waals surface area contributed by atoms with Crippen LogP contribution >= 0.6 is 0 Å². The van der Waals surface area contributed by atoms with Gasteiger partial charge in [-0.2, -0.15) is 0 Å². The molecule has 0 aliphatic carbocycles. The van der Waals surface area contributed by atoms with Crippen LogP contribution in [-0.4, -0.2) is 31.0 Å². The maximum Gasteiger partial charge on any atom is 0.117 e. The zero-order valence-corrected chi connectivity index (χ0v) is 29.4. The average Bonchev–Trinajstić information content (AvgIpc) is 3.21. The van der Waals surface area contributed by atoms with Gasteiger partial charge in [0.05, 0.1) is 33.0 Å². The SMILES string of the molecule is c1ccc(COC[C@H]2O[C@@H](c3cccc(Cc4ccccc4)c3)[C@H](OCc3ccccc3)[C@@H](OCc3ccccc3)C2OCc2ccccc2)cc1. The molecule has 7 rings (SSSR count). The summed E-state index contributed by atoms with van der Waals surface area (Å²) in [6.07, 6.45) is -1.51. The molecular formula is C47H46O5. The van der Waals surface area contributed by atoms with E-state index in [1.54, 1.807) is 0 Å². The van der Waals surface area contributed by atoms with Crippen molar-refractivity contribution in [2.75, 3.05) is 6.61 Å². The highest BCUT2D eigenvalue weighted by atomic mass is 16.6. The molecule has 0 aromatic heterocycles. The predicted molar refractivity (Wildman–Crippen MR) is 204 cm³/mol. The highest BCUT2D eigenvalue weighted by Crippen LogP contribution is 2.39. The number of hydrogen-bond acceptors (Lipinski definition) is 5. The van der Waals surface area contributed by atoms with Gasteiger partial charge in [0.2, 0.25) is 0 Å². The monoisotopic (exact) mass is 690 g/mol. The summed E-state index contributed by atoms with van der Waals surface area (Å²) in [7, 11) is 0. The van der Waals surface area contributed by atoms with Gasteiger partial charge in [-0.3, -0.25) is 0 Å². The minimum absolute atomic E-state index is 0.325. The summed E-state index contributed by atoms with van der Waals surface area (Å²) in [5.74, 6) is 0. The average molecular weight is 691 g/mol. The van der Waals surface area contributed by atoms with Gasteiger partial charge in [0, 0.05) is 0 Å². The van der Waals surface area contributed by atoms with Crippen LogP contribution in [0.2, 0.25) is 0 Å². The third-order valence-electron chi connectivity index (χ3n) is 9.41. The molecule has 0 amide bonds. The molecule has 52 heavy (non-hydrogen) atoms. The molecule has 5 heteroatoms. The summed E-state index contributed by atoms with van der Waals surface area (Å²) in [5, 5.41) is 0. The van der Waals surface area contributed by atoms with Gasteiger partial charge in [0.1, 0.15) is 30.5 Å². The Kier molecular flexibility index (Phi) is 12.7. The van der Waals surface area contributed by atoms with Crippen LogP contribution in [0, 0.1) is 0 Å². The summed E-state index contributed by atoms with van der Waals surface area (Å²) in [6.45, 7) is 2.00. The Hall–Kier alpha value is -4.88. The second-order valence-corrected chi connectivity index (χ2v) is 13.3. The Morgan fingerprint density at radius 1 is 0.385 bits per heavy atom. The van der Waals surface area contributed by atoms with E-state index in [9.17, 15) is 0 Å². The quantitative estimate of drug-likeness (QED) is 0.101. The molecule has 1 aliphatic rings. The van der Waals surface area contributed by atoms with Crippen LogP contribution in [-0.2, 0) is 56.5 Å². The minimum Gasteiger partial charge on any atom is -0.374 e. The van der Waals surface area contributed by atoms with Crippen LogP contribution in [0.5, 0.6) is 0 Å². The van der Waals surface area contributed by atoms with Crippen molar-refractivity contribution in [2.45, 2.75) is 63.4 Å². The van der Waals surface area contributed by atoms with Gasteiger partial charge in [0.25, 0.3) is 0 Å². The molecule has 6 aromatic rings. The smallest absolute Gasteiger partial charge is 0.117 e. The predicted octanol–water partition coefficient (Wildman–Crippen LogP) is 9.69. The number of rotatable bonds is 16. The fourth-order valence-electron chi connectivity index (χ4n) is 6.77. The van der Waals surface area contributed by atoms with Gasteiger partial charge in [-0.05, 0) is 45.4 Å². The fraction of sp³-hybridized carbons (Fsp3) is 0.234. The number of hydrogen-bond donors (Lipinski definition) is 0. The van der Waals surface area contributed by atoms with Gasteiger partial charge in [-0.15, -0.1) is 0 Å². The third kappa shape index (κ3) is 9.91.